The molecular formula is C12H20N4O3S. The molecule has 1 amide bonds. The van der Waals surface area contributed by atoms with Crippen molar-refractivity contribution in [2.75, 3.05) is 12.8 Å². The molecule has 0 aliphatic heterocycles. The zero-order valence-corrected chi connectivity index (χ0v) is 12.7. The number of amides is 1. The fourth-order valence-electron chi connectivity index (χ4n) is 1.81. The van der Waals surface area contributed by atoms with Crippen LogP contribution in [0.4, 0.5) is 0 Å². The van der Waals surface area contributed by atoms with Crippen LogP contribution in [-0.2, 0) is 11.3 Å². The number of rotatable bonds is 8. The molecule has 1 aromatic rings. The summed E-state index contributed by atoms with van der Waals surface area (Å²) in [7, 11) is 0. The van der Waals surface area contributed by atoms with Crippen molar-refractivity contribution in [2.24, 2.45) is 0 Å². The lowest BCUT2D eigenvalue weighted by Gasteiger charge is -2.29. The minimum atomic E-state index is -1.03. The maximum absolute atomic E-state index is 12.0. The van der Waals surface area contributed by atoms with E-state index in [1.807, 2.05) is 6.26 Å². The number of carbonyl (C=O) groups excluding carboxylic acids is 1. The highest BCUT2D eigenvalue weighted by Gasteiger charge is 2.26. The van der Waals surface area contributed by atoms with Crippen LogP contribution in [0, 0.1) is 0 Å². The van der Waals surface area contributed by atoms with Crippen LogP contribution in [0.5, 0.6) is 0 Å². The summed E-state index contributed by atoms with van der Waals surface area (Å²) in [6, 6.07) is 0. The number of carbonyl (C=O) groups is 2. The van der Waals surface area contributed by atoms with Gasteiger partial charge in [0.25, 0.3) is 5.91 Å². The van der Waals surface area contributed by atoms with Crippen molar-refractivity contribution in [3.05, 3.63) is 11.9 Å². The Balaban J connectivity index is 2.62. The van der Waals surface area contributed by atoms with E-state index in [-0.39, 0.29) is 22.9 Å². The van der Waals surface area contributed by atoms with Gasteiger partial charge in [-0.15, -0.1) is 5.10 Å². The molecule has 0 saturated heterocycles. The molecule has 0 saturated carbocycles. The van der Waals surface area contributed by atoms with E-state index in [9.17, 15) is 9.59 Å². The van der Waals surface area contributed by atoms with Crippen molar-refractivity contribution in [1.82, 2.24) is 20.3 Å². The van der Waals surface area contributed by atoms with Gasteiger partial charge in [-0.2, -0.15) is 11.8 Å². The van der Waals surface area contributed by atoms with Gasteiger partial charge in [0.05, 0.1) is 6.20 Å². The highest BCUT2D eigenvalue weighted by molar-refractivity contribution is 8.00. The SMILES string of the molecule is CCC(CC)(CNC(=O)c1cn(CC(=O)O)nn1)SC. The number of nitrogens with one attached hydrogen (secondary N) is 1. The Kier molecular flexibility index (Phi) is 6.00. The van der Waals surface area contributed by atoms with Gasteiger partial charge in [-0.05, 0) is 19.1 Å². The second-order valence-electron chi connectivity index (χ2n) is 4.47. The van der Waals surface area contributed by atoms with E-state index >= 15 is 0 Å². The van der Waals surface area contributed by atoms with Gasteiger partial charge in [0.15, 0.2) is 5.69 Å². The predicted molar refractivity (Wildman–Crippen MR) is 76.8 cm³/mol. The fraction of sp³-hybridized carbons (Fsp3) is 0.667. The highest BCUT2D eigenvalue weighted by atomic mass is 32.2. The molecular weight excluding hydrogens is 280 g/mol. The summed E-state index contributed by atoms with van der Waals surface area (Å²) in [5.74, 6) is -1.36. The Morgan fingerprint density at radius 3 is 2.60 bits per heavy atom. The molecule has 112 valence electrons. The summed E-state index contributed by atoms with van der Waals surface area (Å²) in [6.45, 7) is 4.43. The van der Waals surface area contributed by atoms with Gasteiger partial charge in [0, 0.05) is 11.3 Å². The second-order valence-corrected chi connectivity index (χ2v) is 5.75. The van der Waals surface area contributed by atoms with Gasteiger partial charge >= 0.3 is 5.97 Å². The zero-order valence-electron chi connectivity index (χ0n) is 11.9. The van der Waals surface area contributed by atoms with E-state index in [1.54, 1.807) is 11.8 Å². The molecule has 0 aliphatic carbocycles. The summed E-state index contributed by atoms with van der Waals surface area (Å²) < 4.78 is 1.14. The molecule has 1 aromatic heterocycles. The van der Waals surface area contributed by atoms with E-state index in [2.05, 4.69) is 29.5 Å². The molecule has 8 heteroatoms. The highest BCUT2D eigenvalue weighted by Crippen LogP contribution is 2.29. The third kappa shape index (κ3) is 4.22. The standard InChI is InChI=1S/C12H20N4O3S/c1-4-12(5-2,20-3)8-13-11(19)9-6-16(15-14-9)7-10(17)18/h6H,4-5,7-8H2,1-3H3,(H,13,19)(H,17,18). The van der Waals surface area contributed by atoms with Crippen LogP contribution in [0.3, 0.4) is 0 Å². The summed E-state index contributed by atoms with van der Waals surface area (Å²) in [5, 5.41) is 18.7. The smallest absolute Gasteiger partial charge is 0.325 e. The first kappa shape index (κ1) is 16.5. The molecule has 0 unspecified atom stereocenters. The maximum atomic E-state index is 12.0. The van der Waals surface area contributed by atoms with Crippen LogP contribution in [0.15, 0.2) is 6.20 Å². The summed E-state index contributed by atoms with van der Waals surface area (Å²) in [4.78, 5) is 22.5. The lowest BCUT2D eigenvalue weighted by Crippen LogP contribution is -2.39. The molecule has 1 rings (SSSR count). The molecule has 0 fully saturated rings. The van der Waals surface area contributed by atoms with E-state index in [1.165, 1.54) is 6.20 Å². The Bertz CT molecular complexity index is 463. The van der Waals surface area contributed by atoms with Crippen molar-refractivity contribution >= 4 is 23.6 Å². The monoisotopic (exact) mass is 300 g/mol. The fourth-order valence-corrected chi connectivity index (χ4v) is 2.60. The molecule has 1 heterocycles. The first-order chi connectivity index (χ1) is 9.46. The number of hydrogen-bond acceptors (Lipinski definition) is 5. The second kappa shape index (κ2) is 7.28. The lowest BCUT2D eigenvalue weighted by molar-refractivity contribution is -0.137. The number of hydrogen-bond donors (Lipinski definition) is 2. The molecule has 2 N–H and O–H groups in total. The maximum Gasteiger partial charge on any atom is 0.325 e. The molecule has 0 bridgehead atoms. The molecule has 7 nitrogen and oxygen atoms in total. The van der Waals surface area contributed by atoms with Crippen molar-refractivity contribution < 1.29 is 14.7 Å². The van der Waals surface area contributed by atoms with Gasteiger partial charge < -0.3 is 10.4 Å². The third-order valence-electron chi connectivity index (χ3n) is 3.36. The Morgan fingerprint density at radius 2 is 2.10 bits per heavy atom. The van der Waals surface area contributed by atoms with Crippen LogP contribution >= 0.6 is 11.8 Å². The number of aliphatic carboxylic acids is 1. The summed E-state index contributed by atoms with van der Waals surface area (Å²) >= 11 is 1.73. The molecule has 20 heavy (non-hydrogen) atoms. The average Bonchev–Trinajstić information content (AvgIpc) is 2.88. The van der Waals surface area contributed by atoms with Crippen molar-refractivity contribution in [3.63, 3.8) is 0 Å². The van der Waals surface area contributed by atoms with Gasteiger partial charge in [0.2, 0.25) is 0 Å². The van der Waals surface area contributed by atoms with Gasteiger partial charge in [-0.1, -0.05) is 19.1 Å². The number of nitrogens with zero attached hydrogens (tertiary/aromatic N) is 3. The molecule has 0 radical (unpaired) electrons. The number of carboxylic acids is 1. The molecule has 0 spiro atoms. The van der Waals surface area contributed by atoms with Gasteiger partial charge in [-0.3, -0.25) is 9.59 Å². The van der Waals surface area contributed by atoms with Crippen LogP contribution in [-0.4, -0.2) is 49.5 Å². The molecule has 0 aromatic carbocycles. The number of carboxylic acid groups (broad SMARTS) is 1. The van der Waals surface area contributed by atoms with Crippen LogP contribution < -0.4 is 5.32 Å². The predicted octanol–water partition coefficient (Wildman–Crippen LogP) is 1.01. The minimum absolute atomic E-state index is 0.0206. The lowest BCUT2D eigenvalue weighted by atomic mass is 10.0. The zero-order chi connectivity index (χ0) is 15.2. The normalized spacial score (nSPS) is 11.3. The Labute approximate surface area is 122 Å². The summed E-state index contributed by atoms with van der Waals surface area (Å²) in [6.07, 6.45) is 5.28. The van der Waals surface area contributed by atoms with E-state index < -0.39 is 5.97 Å². The topological polar surface area (TPSA) is 97.1 Å². The third-order valence-corrected chi connectivity index (χ3v) is 4.95. The quantitative estimate of drug-likeness (QED) is 0.744. The number of aromatic nitrogens is 3. The Hall–Kier alpha value is -1.57. The minimum Gasteiger partial charge on any atom is -0.480 e. The van der Waals surface area contributed by atoms with Crippen LogP contribution in [0.1, 0.15) is 37.2 Å². The first-order valence-corrected chi connectivity index (χ1v) is 7.64. The van der Waals surface area contributed by atoms with E-state index in [4.69, 9.17) is 5.11 Å². The van der Waals surface area contributed by atoms with E-state index in [0.717, 1.165) is 17.5 Å². The average molecular weight is 300 g/mol. The van der Waals surface area contributed by atoms with E-state index in [0.29, 0.717) is 6.54 Å². The Morgan fingerprint density at radius 1 is 1.45 bits per heavy atom. The van der Waals surface area contributed by atoms with Gasteiger partial charge in [0.1, 0.15) is 6.54 Å². The summed E-state index contributed by atoms with van der Waals surface area (Å²) in [5.41, 5.74) is 0.133. The van der Waals surface area contributed by atoms with Crippen molar-refractivity contribution in [2.45, 2.75) is 38.0 Å². The van der Waals surface area contributed by atoms with Crippen molar-refractivity contribution in [3.8, 4) is 0 Å². The van der Waals surface area contributed by atoms with Gasteiger partial charge in [-0.25, -0.2) is 4.68 Å². The molecule has 0 aliphatic rings. The number of thioether (sulfide) groups is 1. The van der Waals surface area contributed by atoms with Crippen LogP contribution in [0.25, 0.3) is 0 Å². The van der Waals surface area contributed by atoms with Crippen molar-refractivity contribution in [1.29, 1.82) is 0 Å². The largest absolute Gasteiger partial charge is 0.480 e. The first-order valence-electron chi connectivity index (χ1n) is 6.41. The van der Waals surface area contributed by atoms with Crippen LogP contribution in [0.2, 0.25) is 0 Å². The molecule has 0 atom stereocenters.